The van der Waals surface area contributed by atoms with Gasteiger partial charge >= 0.3 is 0 Å². The second kappa shape index (κ2) is 8.58. The minimum absolute atomic E-state index is 0.0284. The van der Waals surface area contributed by atoms with Crippen molar-refractivity contribution in [2.75, 3.05) is 10.6 Å². The standard InChI is InChI=1S/C19H26N4O2/c1-5-14-11-20-19(23-18(14)22-17(25)10-12(2)3)21-16-8-6-15(7-9-16)13(4)24/h6-9,11-12,17,25H,5,10H2,1-4H3,(H2,20,21,22,23). The molecule has 3 N–H and O–H groups in total. The number of carbonyl (C=O) groups excluding carboxylic acids is 1. The number of ketones is 1. The van der Waals surface area contributed by atoms with Crippen molar-refractivity contribution in [1.29, 1.82) is 0 Å². The third-order valence-corrected chi connectivity index (χ3v) is 3.79. The highest BCUT2D eigenvalue weighted by Gasteiger charge is 2.12. The van der Waals surface area contributed by atoms with Crippen molar-refractivity contribution >= 4 is 23.2 Å². The van der Waals surface area contributed by atoms with Crippen LogP contribution in [0.25, 0.3) is 0 Å². The van der Waals surface area contributed by atoms with Crippen LogP contribution in [0.3, 0.4) is 0 Å². The molecule has 0 fully saturated rings. The van der Waals surface area contributed by atoms with E-state index in [-0.39, 0.29) is 5.78 Å². The van der Waals surface area contributed by atoms with Gasteiger partial charge in [-0.1, -0.05) is 20.8 Å². The first-order valence-electron chi connectivity index (χ1n) is 8.57. The number of hydrogen-bond acceptors (Lipinski definition) is 6. The summed E-state index contributed by atoms with van der Waals surface area (Å²) in [6.07, 6.45) is 2.51. The van der Waals surface area contributed by atoms with Crippen LogP contribution >= 0.6 is 0 Å². The topological polar surface area (TPSA) is 87.1 Å². The highest BCUT2D eigenvalue weighted by Crippen LogP contribution is 2.20. The zero-order valence-electron chi connectivity index (χ0n) is 15.2. The van der Waals surface area contributed by atoms with Crippen molar-refractivity contribution in [3.63, 3.8) is 0 Å². The Bertz CT molecular complexity index is 714. The molecule has 0 bridgehead atoms. The minimum Gasteiger partial charge on any atom is -0.374 e. The lowest BCUT2D eigenvalue weighted by atomic mass is 10.1. The predicted molar refractivity (Wildman–Crippen MR) is 100 cm³/mol. The van der Waals surface area contributed by atoms with Crippen molar-refractivity contribution in [1.82, 2.24) is 9.97 Å². The van der Waals surface area contributed by atoms with Crippen LogP contribution in [0.15, 0.2) is 30.5 Å². The maximum Gasteiger partial charge on any atom is 0.229 e. The Hall–Kier alpha value is -2.47. The molecule has 25 heavy (non-hydrogen) atoms. The summed E-state index contributed by atoms with van der Waals surface area (Å²) in [7, 11) is 0. The second-order valence-corrected chi connectivity index (χ2v) is 6.47. The van der Waals surface area contributed by atoms with Gasteiger partial charge in [-0.05, 0) is 49.9 Å². The van der Waals surface area contributed by atoms with Crippen LogP contribution in [0.1, 0.15) is 50.0 Å². The zero-order valence-corrected chi connectivity index (χ0v) is 15.2. The second-order valence-electron chi connectivity index (χ2n) is 6.47. The summed E-state index contributed by atoms with van der Waals surface area (Å²) in [6.45, 7) is 7.67. The monoisotopic (exact) mass is 342 g/mol. The summed E-state index contributed by atoms with van der Waals surface area (Å²) >= 11 is 0. The van der Waals surface area contributed by atoms with Crippen LogP contribution in [0.4, 0.5) is 17.5 Å². The molecule has 0 amide bonds. The summed E-state index contributed by atoms with van der Waals surface area (Å²) in [6, 6.07) is 7.15. The van der Waals surface area contributed by atoms with Crippen LogP contribution in [0.2, 0.25) is 0 Å². The Balaban J connectivity index is 2.15. The van der Waals surface area contributed by atoms with E-state index in [1.54, 1.807) is 18.3 Å². The number of aliphatic hydroxyl groups excluding tert-OH is 1. The Labute approximate surface area is 148 Å². The molecular formula is C19H26N4O2. The van der Waals surface area contributed by atoms with Gasteiger partial charge in [0.15, 0.2) is 5.78 Å². The predicted octanol–water partition coefficient (Wildman–Crippen LogP) is 3.76. The molecule has 0 aliphatic heterocycles. The molecule has 0 spiro atoms. The maximum atomic E-state index is 11.3. The number of aryl methyl sites for hydroxylation is 1. The summed E-state index contributed by atoms with van der Waals surface area (Å²) in [5.41, 5.74) is 2.40. The molecule has 1 unspecified atom stereocenters. The summed E-state index contributed by atoms with van der Waals surface area (Å²) in [4.78, 5) is 20.1. The van der Waals surface area contributed by atoms with Crippen LogP contribution in [-0.2, 0) is 6.42 Å². The quantitative estimate of drug-likeness (QED) is 0.500. The lowest BCUT2D eigenvalue weighted by Crippen LogP contribution is -2.22. The van der Waals surface area contributed by atoms with Crippen LogP contribution in [-0.4, -0.2) is 27.1 Å². The van der Waals surface area contributed by atoms with Crippen molar-refractivity contribution in [2.45, 2.75) is 46.8 Å². The molecule has 0 saturated heterocycles. The minimum atomic E-state index is -0.650. The molecule has 1 aromatic heterocycles. The smallest absolute Gasteiger partial charge is 0.229 e. The fraction of sp³-hybridized carbons (Fsp3) is 0.421. The zero-order chi connectivity index (χ0) is 18.4. The summed E-state index contributed by atoms with van der Waals surface area (Å²) < 4.78 is 0. The molecule has 1 aromatic carbocycles. The first kappa shape index (κ1) is 18.9. The molecule has 0 radical (unpaired) electrons. The highest BCUT2D eigenvalue weighted by atomic mass is 16.3. The van der Waals surface area contributed by atoms with Gasteiger partial charge in [0.2, 0.25) is 5.95 Å². The first-order chi connectivity index (χ1) is 11.9. The number of anilines is 3. The molecular weight excluding hydrogens is 316 g/mol. The Morgan fingerprint density at radius 2 is 1.92 bits per heavy atom. The number of carbonyl (C=O) groups is 1. The van der Waals surface area contributed by atoms with Gasteiger partial charge in [0.25, 0.3) is 0 Å². The highest BCUT2D eigenvalue weighted by molar-refractivity contribution is 5.94. The van der Waals surface area contributed by atoms with Crippen molar-refractivity contribution in [3.05, 3.63) is 41.6 Å². The van der Waals surface area contributed by atoms with Gasteiger partial charge in [-0.25, -0.2) is 4.98 Å². The molecule has 1 atom stereocenters. The number of hydrogen-bond donors (Lipinski definition) is 3. The van der Waals surface area contributed by atoms with E-state index >= 15 is 0 Å². The third kappa shape index (κ3) is 5.53. The largest absolute Gasteiger partial charge is 0.374 e. The van der Waals surface area contributed by atoms with Gasteiger partial charge in [-0.3, -0.25) is 4.79 Å². The van der Waals surface area contributed by atoms with Crippen molar-refractivity contribution in [3.8, 4) is 0 Å². The van der Waals surface area contributed by atoms with E-state index in [1.807, 2.05) is 19.1 Å². The lowest BCUT2D eigenvalue weighted by Gasteiger charge is -2.18. The Morgan fingerprint density at radius 1 is 1.24 bits per heavy atom. The number of nitrogens with zero attached hydrogens (tertiary/aromatic N) is 2. The van der Waals surface area contributed by atoms with E-state index in [2.05, 4.69) is 34.4 Å². The van der Waals surface area contributed by atoms with E-state index < -0.39 is 6.23 Å². The number of aliphatic hydroxyl groups is 1. The van der Waals surface area contributed by atoms with Crippen molar-refractivity contribution in [2.24, 2.45) is 5.92 Å². The molecule has 6 nitrogen and oxygen atoms in total. The Kier molecular flexibility index (Phi) is 6.47. The van der Waals surface area contributed by atoms with Gasteiger partial charge in [0, 0.05) is 23.0 Å². The van der Waals surface area contributed by atoms with Gasteiger partial charge in [0.1, 0.15) is 12.0 Å². The van der Waals surface area contributed by atoms with Gasteiger partial charge in [-0.2, -0.15) is 4.98 Å². The molecule has 2 rings (SSSR count). The number of rotatable bonds is 8. The summed E-state index contributed by atoms with van der Waals surface area (Å²) in [5.74, 6) is 1.48. The molecule has 0 saturated carbocycles. The number of Topliss-reactive ketones (excluding diaryl/α,β-unsaturated/α-hetero) is 1. The maximum absolute atomic E-state index is 11.3. The molecule has 0 aliphatic rings. The van der Waals surface area contributed by atoms with E-state index in [9.17, 15) is 9.90 Å². The summed E-state index contributed by atoms with van der Waals surface area (Å²) in [5, 5.41) is 16.3. The fourth-order valence-electron chi connectivity index (χ4n) is 2.43. The SMILES string of the molecule is CCc1cnc(Nc2ccc(C(C)=O)cc2)nc1NC(O)CC(C)C. The first-order valence-corrected chi connectivity index (χ1v) is 8.57. The van der Waals surface area contributed by atoms with E-state index in [1.165, 1.54) is 6.92 Å². The molecule has 6 heteroatoms. The van der Waals surface area contributed by atoms with E-state index in [4.69, 9.17) is 0 Å². The van der Waals surface area contributed by atoms with Crippen LogP contribution in [0.5, 0.6) is 0 Å². The van der Waals surface area contributed by atoms with Gasteiger partial charge in [0.05, 0.1) is 0 Å². The average Bonchev–Trinajstić information content (AvgIpc) is 2.55. The number of aromatic nitrogens is 2. The number of nitrogens with one attached hydrogen (secondary N) is 2. The molecule has 134 valence electrons. The van der Waals surface area contributed by atoms with Gasteiger partial charge in [-0.15, -0.1) is 0 Å². The van der Waals surface area contributed by atoms with Gasteiger partial charge < -0.3 is 15.7 Å². The Morgan fingerprint density at radius 3 is 2.48 bits per heavy atom. The third-order valence-electron chi connectivity index (χ3n) is 3.79. The lowest BCUT2D eigenvalue weighted by molar-refractivity contribution is 0.101. The van der Waals surface area contributed by atoms with Crippen molar-refractivity contribution < 1.29 is 9.90 Å². The average molecular weight is 342 g/mol. The van der Waals surface area contributed by atoms with Crippen LogP contribution in [0, 0.1) is 5.92 Å². The fourth-order valence-corrected chi connectivity index (χ4v) is 2.43. The molecule has 0 aliphatic carbocycles. The van der Waals surface area contributed by atoms with E-state index in [0.29, 0.717) is 29.7 Å². The number of benzene rings is 1. The van der Waals surface area contributed by atoms with Crippen LogP contribution < -0.4 is 10.6 Å². The molecule has 2 aromatic rings. The molecule has 1 heterocycles. The normalized spacial score (nSPS) is 12.1. The van der Waals surface area contributed by atoms with E-state index in [0.717, 1.165) is 17.7 Å².